The lowest BCUT2D eigenvalue weighted by molar-refractivity contribution is 0.456. The summed E-state index contributed by atoms with van der Waals surface area (Å²) in [5, 5.41) is 7.98. The lowest BCUT2D eigenvalue weighted by atomic mass is 10.2. The first-order valence-corrected chi connectivity index (χ1v) is 9.31. The molecule has 1 saturated carbocycles. The quantitative estimate of drug-likeness (QED) is 0.644. The van der Waals surface area contributed by atoms with Gasteiger partial charge in [0.25, 0.3) is 0 Å². The van der Waals surface area contributed by atoms with E-state index in [9.17, 15) is 0 Å². The molecular weight excluding hydrogens is 306 g/mol. The van der Waals surface area contributed by atoms with Gasteiger partial charge in [0.2, 0.25) is 0 Å². The van der Waals surface area contributed by atoms with Crippen LogP contribution >= 0.6 is 11.3 Å². The standard InChI is InChI=1S/C18H25N3OS/c1-21(13-15-9-12-23-14-15)18(20-16-5-2-3-6-16)19-10-8-17-7-4-11-22-17/h4,7,9,11-12,14,16H,2-3,5-6,8,10,13H2,1H3,(H,19,20). The van der Waals surface area contributed by atoms with E-state index in [1.54, 1.807) is 17.6 Å². The Morgan fingerprint density at radius 2 is 2.26 bits per heavy atom. The second kappa shape index (κ2) is 8.20. The van der Waals surface area contributed by atoms with Gasteiger partial charge in [-0.1, -0.05) is 12.8 Å². The molecular formula is C18H25N3OS. The number of hydrogen-bond donors (Lipinski definition) is 1. The van der Waals surface area contributed by atoms with Crippen molar-refractivity contribution < 1.29 is 4.42 Å². The first kappa shape index (κ1) is 16.1. The monoisotopic (exact) mass is 331 g/mol. The SMILES string of the molecule is CN(Cc1ccsc1)C(=NCCc1ccco1)NC1CCCC1. The molecule has 0 radical (unpaired) electrons. The normalized spacial score (nSPS) is 16.0. The second-order valence-electron chi connectivity index (χ2n) is 6.15. The number of guanidine groups is 1. The average molecular weight is 331 g/mol. The smallest absolute Gasteiger partial charge is 0.194 e. The third kappa shape index (κ3) is 4.86. The zero-order valence-electron chi connectivity index (χ0n) is 13.7. The third-order valence-corrected chi connectivity index (χ3v) is 4.98. The van der Waals surface area contributed by atoms with E-state index in [4.69, 9.17) is 9.41 Å². The van der Waals surface area contributed by atoms with Crippen LogP contribution in [0.4, 0.5) is 0 Å². The van der Waals surface area contributed by atoms with Gasteiger partial charge in [-0.05, 0) is 47.4 Å². The Bertz CT molecular complexity index is 586. The molecule has 0 aromatic carbocycles. The largest absolute Gasteiger partial charge is 0.469 e. The van der Waals surface area contributed by atoms with Crippen molar-refractivity contribution in [3.63, 3.8) is 0 Å². The molecule has 4 nitrogen and oxygen atoms in total. The Kier molecular flexibility index (Phi) is 5.75. The van der Waals surface area contributed by atoms with Gasteiger partial charge in [-0.15, -0.1) is 0 Å². The predicted molar refractivity (Wildman–Crippen MR) is 95.9 cm³/mol. The molecule has 1 fully saturated rings. The zero-order chi connectivity index (χ0) is 15.9. The maximum absolute atomic E-state index is 5.39. The summed E-state index contributed by atoms with van der Waals surface area (Å²) in [5.74, 6) is 2.00. The molecule has 2 aromatic heterocycles. The summed E-state index contributed by atoms with van der Waals surface area (Å²) >= 11 is 1.74. The zero-order valence-corrected chi connectivity index (χ0v) is 14.5. The van der Waals surface area contributed by atoms with Crippen molar-refractivity contribution in [3.8, 4) is 0 Å². The fourth-order valence-electron chi connectivity index (χ4n) is 2.99. The minimum Gasteiger partial charge on any atom is -0.469 e. The maximum Gasteiger partial charge on any atom is 0.194 e. The van der Waals surface area contributed by atoms with Crippen LogP contribution in [0.15, 0.2) is 44.6 Å². The van der Waals surface area contributed by atoms with Crippen LogP contribution in [0.1, 0.15) is 37.0 Å². The van der Waals surface area contributed by atoms with Gasteiger partial charge in [-0.2, -0.15) is 11.3 Å². The molecule has 2 heterocycles. The van der Waals surface area contributed by atoms with Crippen LogP contribution in [-0.2, 0) is 13.0 Å². The molecule has 0 amide bonds. The summed E-state index contributed by atoms with van der Waals surface area (Å²) in [5.41, 5.74) is 1.34. The Morgan fingerprint density at radius 3 is 2.96 bits per heavy atom. The van der Waals surface area contributed by atoms with Crippen molar-refractivity contribution in [3.05, 3.63) is 46.5 Å². The lowest BCUT2D eigenvalue weighted by Crippen LogP contribution is -2.43. The summed E-state index contributed by atoms with van der Waals surface area (Å²) in [7, 11) is 2.12. The molecule has 2 aromatic rings. The highest BCUT2D eigenvalue weighted by Gasteiger charge is 2.18. The van der Waals surface area contributed by atoms with Crippen molar-refractivity contribution in [2.75, 3.05) is 13.6 Å². The minimum atomic E-state index is 0.572. The van der Waals surface area contributed by atoms with Gasteiger partial charge < -0.3 is 14.6 Å². The number of nitrogens with one attached hydrogen (secondary N) is 1. The molecule has 0 atom stereocenters. The molecule has 1 aliphatic rings. The van der Waals surface area contributed by atoms with E-state index >= 15 is 0 Å². The molecule has 1 aliphatic carbocycles. The number of nitrogens with zero attached hydrogens (tertiary/aromatic N) is 2. The van der Waals surface area contributed by atoms with Crippen LogP contribution in [0, 0.1) is 0 Å². The Labute approximate surface area is 142 Å². The van der Waals surface area contributed by atoms with E-state index in [1.807, 2.05) is 12.1 Å². The number of furan rings is 1. The van der Waals surface area contributed by atoms with Crippen molar-refractivity contribution >= 4 is 17.3 Å². The highest BCUT2D eigenvalue weighted by Crippen LogP contribution is 2.18. The summed E-state index contributed by atoms with van der Waals surface area (Å²) in [6.45, 7) is 1.64. The number of aliphatic imine (C=N–C) groups is 1. The van der Waals surface area contributed by atoms with Gasteiger partial charge in [0.05, 0.1) is 6.26 Å². The topological polar surface area (TPSA) is 40.8 Å². The second-order valence-corrected chi connectivity index (χ2v) is 6.93. The molecule has 1 N–H and O–H groups in total. The van der Waals surface area contributed by atoms with Crippen molar-refractivity contribution in [2.45, 2.75) is 44.7 Å². The van der Waals surface area contributed by atoms with Crippen molar-refractivity contribution in [1.29, 1.82) is 0 Å². The number of thiophene rings is 1. The van der Waals surface area contributed by atoms with Gasteiger partial charge in [-0.25, -0.2) is 0 Å². The van der Waals surface area contributed by atoms with E-state index in [-0.39, 0.29) is 0 Å². The maximum atomic E-state index is 5.39. The average Bonchev–Trinajstić information content (AvgIpc) is 3.30. The molecule has 0 unspecified atom stereocenters. The Balaban J connectivity index is 1.61. The van der Waals surface area contributed by atoms with E-state index in [0.29, 0.717) is 6.04 Å². The molecule has 124 valence electrons. The van der Waals surface area contributed by atoms with Crippen molar-refractivity contribution in [1.82, 2.24) is 10.2 Å². The third-order valence-electron chi connectivity index (χ3n) is 4.25. The molecule has 0 saturated heterocycles. The highest BCUT2D eigenvalue weighted by atomic mass is 32.1. The Morgan fingerprint density at radius 1 is 1.39 bits per heavy atom. The van der Waals surface area contributed by atoms with Gasteiger partial charge >= 0.3 is 0 Å². The van der Waals surface area contributed by atoms with Gasteiger partial charge in [0.1, 0.15) is 5.76 Å². The van der Waals surface area contributed by atoms with Crippen LogP contribution in [0.5, 0.6) is 0 Å². The van der Waals surface area contributed by atoms with Crippen LogP contribution in [0.3, 0.4) is 0 Å². The highest BCUT2D eigenvalue weighted by molar-refractivity contribution is 7.07. The first-order valence-electron chi connectivity index (χ1n) is 8.37. The van der Waals surface area contributed by atoms with Crippen LogP contribution in [0.25, 0.3) is 0 Å². The van der Waals surface area contributed by atoms with E-state index in [0.717, 1.165) is 31.2 Å². The van der Waals surface area contributed by atoms with Crippen LogP contribution in [-0.4, -0.2) is 30.5 Å². The minimum absolute atomic E-state index is 0.572. The van der Waals surface area contributed by atoms with Crippen LogP contribution in [0.2, 0.25) is 0 Å². The molecule has 3 rings (SSSR count). The van der Waals surface area contributed by atoms with Gasteiger partial charge in [-0.3, -0.25) is 4.99 Å². The van der Waals surface area contributed by atoms with E-state index in [2.05, 4.69) is 34.1 Å². The van der Waals surface area contributed by atoms with Gasteiger partial charge in [0.15, 0.2) is 5.96 Å². The number of hydrogen-bond acceptors (Lipinski definition) is 3. The molecule has 5 heteroatoms. The summed E-state index contributed by atoms with van der Waals surface area (Å²) in [6.07, 6.45) is 7.72. The molecule has 0 aliphatic heterocycles. The predicted octanol–water partition coefficient (Wildman–Crippen LogP) is 3.90. The van der Waals surface area contributed by atoms with Gasteiger partial charge in [0, 0.05) is 32.6 Å². The van der Waals surface area contributed by atoms with Crippen molar-refractivity contribution in [2.24, 2.45) is 4.99 Å². The first-order chi connectivity index (χ1) is 11.3. The fraction of sp³-hybridized carbons (Fsp3) is 0.500. The number of rotatable bonds is 6. The van der Waals surface area contributed by atoms with Crippen LogP contribution < -0.4 is 5.32 Å². The molecule has 0 spiro atoms. The molecule has 0 bridgehead atoms. The van der Waals surface area contributed by atoms with E-state index in [1.165, 1.54) is 31.2 Å². The fourth-order valence-corrected chi connectivity index (χ4v) is 3.65. The molecule has 23 heavy (non-hydrogen) atoms. The summed E-state index contributed by atoms with van der Waals surface area (Å²) in [6, 6.07) is 6.69. The van der Waals surface area contributed by atoms with E-state index < -0.39 is 0 Å². The summed E-state index contributed by atoms with van der Waals surface area (Å²) in [4.78, 5) is 7.04. The Hall–Kier alpha value is -1.75. The summed E-state index contributed by atoms with van der Waals surface area (Å²) < 4.78 is 5.39. The lowest BCUT2D eigenvalue weighted by Gasteiger charge is -2.25.